The Morgan fingerprint density at radius 3 is 2.43 bits per heavy atom. The summed E-state index contributed by atoms with van der Waals surface area (Å²) >= 11 is 0. The molecule has 0 amide bonds. The number of nitrogens with two attached hydrogens (primary N) is 1. The second-order valence-corrected chi connectivity index (χ2v) is 3.31. The Hall–Kier alpha value is -1.35. The topological polar surface area (TPSA) is 52.3 Å². The summed E-state index contributed by atoms with van der Waals surface area (Å²) in [5, 5.41) is 0. The maximum Gasteiger partial charge on any atom is 0.331 e. The van der Waals surface area contributed by atoms with Gasteiger partial charge >= 0.3 is 5.97 Å². The molecule has 0 bridgehead atoms. The summed E-state index contributed by atoms with van der Waals surface area (Å²) < 4.78 is 0. The van der Waals surface area contributed by atoms with E-state index in [-0.39, 0.29) is 11.9 Å². The number of carbonyl (C=O) groups excluding carboxylic acids is 1. The van der Waals surface area contributed by atoms with Crippen molar-refractivity contribution in [3.63, 3.8) is 0 Å². The fourth-order valence-electron chi connectivity index (χ4n) is 1.42. The first-order valence-corrected chi connectivity index (χ1v) is 4.66. The minimum atomic E-state index is -0.378. The monoisotopic (exact) mass is 193 g/mol. The maximum atomic E-state index is 11.3. The summed E-state index contributed by atoms with van der Waals surface area (Å²) in [5.41, 5.74) is 2.12. The van der Waals surface area contributed by atoms with Gasteiger partial charge in [-0.1, -0.05) is 36.8 Å². The summed E-state index contributed by atoms with van der Waals surface area (Å²) in [6.45, 7) is 3.94. The van der Waals surface area contributed by atoms with E-state index in [0.717, 1.165) is 5.56 Å². The molecule has 3 nitrogen and oxygen atoms in total. The number of benzene rings is 1. The van der Waals surface area contributed by atoms with E-state index in [1.165, 1.54) is 5.56 Å². The number of hydrogen-bond acceptors (Lipinski definition) is 3. The molecule has 0 saturated heterocycles. The van der Waals surface area contributed by atoms with Crippen LogP contribution in [0.5, 0.6) is 0 Å². The molecular formula is C11H15NO2. The van der Waals surface area contributed by atoms with Gasteiger partial charge in [0.1, 0.15) is 0 Å². The second-order valence-electron chi connectivity index (χ2n) is 3.31. The normalized spacial score (nSPS) is 12.2. The zero-order valence-electron chi connectivity index (χ0n) is 8.49. The summed E-state index contributed by atoms with van der Waals surface area (Å²) in [4.78, 5) is 15.5. The molecule has 0 aliphatic carbocycles. The van der Waals surface area contributed by atoms with Gasteiger partial charge in [0.15, 0.2) is 0 Å². The third kappa shape index (κ3) is 2.33. The lowest BCUT2D eigenvalue weighted by Gasteiger charge is -2.11. The Labute approximate surface area is 83.8 Å². The van der Waals surface area contributed by atoms with E-state index in [0.29, 0.717) is 6.42 Å². The molecule has 0 aliphatic heterocycles. The van der Waals surface area contributed by atoms with Crippen LogP contribution in [0.2, 0.25) is 0 Å². The molecule has 1 aromatic rings. The molecule has 76 valence electrons. The van der Waals surface area contributed by atoms with Crippen LogP contribution in [0.15, 0.2) is 24.3 Å². The van der Waals surface area contributed by atoms with Crippen molar-refractivity contribution >= 4 is 5.97 Å². The lowest BCUT2D eigenvalue weighted by molar-refractivity contribution is -0.146. The average molecular weight is 193 g/mol. The van der Waals surface area contributed by atoms with E-state index >= 15 is 0 Å². The maximum absolute atomic E-state index is 11.3. The SMILES string of the molecule is CC[C@H](C(=O)ON)c1ccc(C)cc1. The Morgan fingerprint density at radius 2 is 2.00 bits per heavy atom. The molecule has 1 rings (SSSR count). The van der Waals surface area contributed by atoms with Crippen molar-refractivity contribution in [1.82, 2.24) is 0 Å². The van der Waals surface area contributed by atoms with E-state index in [2.05, 4.69) is 4.84 Å². The first kappa shape index (κ1) is 10.7. The molecule has 0 unspecified atom stereocenters. The van der Waals surface area contributed by atoms with E-state index in [1.807, 2.05) is 38.1 Å². The molecule has 0 fully saturated rings. The Morgan fingerprint density at radius 1 is 1.43 bits per heavy atom. The van der Waals surface area contributed by atoms with Crippen molar-refractivity contribution in [2.45, 2.75) is 26.2 Å². The van der Waals surface area contributed by atoms with Gasteiger partial charge in [-0.05, 0) is 18.9 Å². The standard InChI is InChI=1S/C11H15NO2/c1-3-10(11(13)14-12)9-6-4-8(2)5-7-9/h4-7,10H,3,12H2,1-2H3/t10-/m0/s1. The Balaban J connectivity index is 2.89. The first-order valence-electron chi connectivity index (χ1n) is 4.66. The smallest absolute Gasteiger partial charge is 0.331 e. The number of hydrogen-bond donors (Lipinski definition) is 1. The van der Waals surface area contributed by atoms with E-state index in [1.54, 1.807) is 0 Å². The van der Waals surface area contributed by atoms with Crippen LogP contribution in [-0.2, 0) is 9.63 Å². The number of aryl methyl sites for hydroxylation is 1. The van der Waals surface area contributed by atoms with Gasteiger partial charge in [-0.3, -0.25) is 0 Å². The highest BCUT2D eigenvalue weighted by Crippen LogP contribution is 2.20. The van der Waals surface area contributed by atoms with Crippen molar-refractivity contribution in [1.29, 1.82) is 0 Å². The van der Waals surface area contributed by atoms with Crippen molar-refractivity contribution in [2.75, 3.05) is 0 Å². The minimum Gasteiger partial charge on any atom is -0.373 e. The molecule has 2 N–H and O–H groups in total. The molecule has 0 heterocycles. The van der Waals surface area contributed by atoms with Gasteiger partial charge in [-0.25, -0.2) is 4.79 Å². The quantitative estimate of drug-likeness (QED) is 0.746. The molecule has 0 aliphatic rings. The highest BCUT2D eigenvalue weighted by molar-refractivity contribution is 5.77. The molecule has 1 atom stereocenters. The third-order valence-electron chi connectivity index (χ3n) is 2.29. The molecule has 0 radical (unpaired) electrons. The fraction of sp³-hybridized carbons (Fsp3) is 0.364. The van der Waals surface area contributed by atoms with Crippen LogP contribution >= 0.6 is 0 Å². The zero-order chi connectivity index (χ0) is 10.6. The lowest BCUT2D eigenvalue weighted by atomic mass is 9.96. The summed E-state index contributed by atoms with van der Waals surface area (Å²) in [6.07, 6.45) is 0.694. The molecule has 0 saturated carbocycles. The molecule has 1 aromatic carbocycles. The van der Waals surface area contributed by atoms with Gasteiger partial charge in [0, 0.05) is 0 Å². The van der Waals surface area contributed by atoms with Crippen molar-refractivity contribution in [3.05, 3.63) is 35.4 Å². The second kappa shape index (κ2) is 4.77. The zero-order valence-corrected chi connectivity index (χ0v) is 8.49. The van der Waals surface area contributed by atoms with Gasteiger partial charge < -0.3 is 4.84 Å². The van der Waals surface area contributed by atoms with Crippen LogP contribution in [0.3, 0.4) is 0 Å². The molecule has 3 heteroatoms. The fourth-order valence-corrected chi connectivity index (χ4v) is 1.42. The van der Waals surface area contributed by atoms with Crippen LogP contribution in [0.1, 0.15) is 30.4 Å². The van der Waals surface area contributed by atoms with Gasteiger partial charge in [-0.2, -0.15) is 5.90 Å². The van der Waals surface area contributed by atoms with Crippen molar-refractivity contribution < 1.29 is 9.63 Å². The molecular weight excluding hydrogens is 178 g/mol. The first-order chi connectivity index (χ1) is 6.69. The van der Waals surface area contributed by atoms with Crippen LogP contribution < -0.4 is 5.90 Å². The van der Waals surface area contributed by atoms with E-state index in [4.69, 9.17) is 5.90 Å². The van der Waals surface area contributed by atoms with Gasteiger partial charge in [0.05, 0.1) is 5.92 Å². The minimum absolute atomic E-state index is 0.249. The van der Waals surface area contributed by atoms with Gasteiger partial charge in [0.25, 0.3) is 0 Å². The largest absolute Gasteiger partial charge is 0.373 e. The van der Waals surface area contributed by atoms with Crippen molar-refractivity contribution in [2.24, 2.45) is 5.90 Å². The Bertz CT molecular complexity index is 306. The van der Waals surface area contributed by atoms with Gasteiger partial charge in [-0.15, -0.1) is 0 Å². The summed E-state index contributed by atoms with van der Waals surface area (Å²) in [7, 11) is 0. The summed E-state index contributed by atoms with van der Waals surface area (Å²) in [6, 6.07) is 7.81. The van der Waals surface area contributed by atoms with Crippen LogP contribution in [-0.4, -0.2) is 5.97 Å². The lowest BCUT2D eigenvalue weighted by Crippen LogP contribution is -2.18. The van der Waals surface area contributed by atoms with Crippen molar-refractivity contribution in [3.8, 4) is 0 Å². The highest BCUT2D eigenvalue weighted by atomic mass is 16.7. The van der Waals surface area contributed by atoms with E-state index < -0.39 is 0 Å². The van der Waals surface area contributed by atoms with Gasteiger partial charge in [0.2, 0.25) is 0 Å². The molecule has 0 spiro atoms. The average Bonchev–Trinajstić information content (AvgIpc) is 2.21. The predicted octanol–water partition coefficient (Wildman–Crippen LogP) is 1.91. The van der Waals surface area contributed by atoms with E-state index in [9.17, 15) is 4.79 Å². The molecule has 14 heavy (non-hydrogen) atoms. The van der Waals surface area contributed by atoms with Crippen LogP contribution in [0.25, 0.3) is 0 Å². The van der Waals surface area contributed by atoms with Crippen LogP contribution in [0.4, 0.5) is 0 Å². The predicted molar refractivity (Wildman–Crippen MR) is 54.5 cm³/mol. The number of carbonyl (C=O) groups is 1. The van der Waals surface area contributed by atoms with Crippen LogP contribution in [0, 0.1) is 6.92 Å². The number of rotatable bonds is 3. The Kier molecular flexibility index (Phi) is 3.65. The summed E-state index contributed by atoms with van der Waals surface area (Å²) in [5.74, 6) is 4.24. The third-order valence-corrected chi connectivity index (χ3v) is 2.29. The highest BCUT2D eigenvalue weighted by Gasteiger charge is 2.19. The molecule has 0 aromatic heterocycles.